The van der Waals surface area contributed by atoms with E-state index in [0.29, 0.717) is 93.6 Å². The van der Waals surface area contributed by atoms with E-state index in [-0.39, 0.29) is 55.7 Å². The van der Waals surface area contributed by atoms with Crippen LogP contribution in [-0.4, -0.2) is 196 Å². The number of thioether (sulfide) groups is 5. The van der Waals surface area contributed by atoms with E-state index >= 15 is 0 Å². The van der Waals surface area contributed by atoms with Crippen LogP contribution in [0.2, 0.25) is 5.02 Å². The van der Waals surface area contributed by atoms with E-state index in [2.05, 4.69) is 22.6 Å². The van der Waals surface area contributed by atoms with Crippen molar-refractivity contribution in [2.45, 2.75) is 62.6 Å². The molecule has 0 aliphatic carbocycles. The summed E-state index contributed by atoms with van der Waals surface area (Å²) in [6, 6.07) is 56.2. The lowest BCUT2D eigenvalue weighted by atomic mass is 10.0. The van der Waals surface area contributed by atoms with Gasteiger partial charge in [-0.15, -0.1) is 0 Å². The van der Waals surface area contributed by atoms with E-state index in [1.165, 1.54) is 6.92 Å². The Morgan fingerprint density at radius 1 is 0.430 bits per heavy atom. The summed E-state index contributed by atoms with van der Waals surface area (Å²) in [5.41, 5.74) is 7.70. The third-order valence-electron chi connectivity index (χ3n) is 18.4. The molecule has 135 heavy (non-hydrogen) atoms. The molecule has 28 nitrogen and oxygen atoms in total. The highest BCUT2D eigenvalue weighted by atomic mass is 127. The number of thiocarbonyl (C=S) groups is 5. The highest BCUT2D eigenvalue weighted by molar-refractivity contribution is 14.1. The minimum atomic E-state index is -1.13. The van der Waals surface area contributed by atoms with Gasteiger partial charge >= 0.3 is 41.8 Å². The maximum absolute atomic E-state index is 12.5. The van der Waals surface area contributed by atoms with Crippen molar-refractivity contribution in [3.63, 3.8) is 0 Å². The number of hydrogen-bond donors (Lipinski definition) is 5. The van der Waals surface area contributed by atoms with Gasteiger partial charge in [-0.3, -0.25) is 67.7 Å². The molecular weight excluding hydrogens is 2060 g/mol. The predicted octanol–water partition coefficient (Wildman–Crippen LogP) is 19.6. The number of aryl methyl sites for hydroxylation is 2. The molecule has 702 valence electrons. The summed E-state index contributed by atoms with van der Waals surface area (Å²) >= 11 is 39.1. The molecular formula is C95H85ClIN5O23S10. The zero-order chi connectivity index (χ0) is 95.9. The van der Waals surface area contributed by atoms with E-state index in [0.717, 1.165) is 137 Å². The van der Waals surface area contributed by atoms with Crippen molar-refractivity contribution in [3.8, 4) is 34.5 Å². The number of amides is 5. The second kappa shape index (κ2) is 51.6. The summed E-state index contributed by atoms with van der Waals surface area (Å²) < 4.78 is 34.7. The van der Waals surface area contributed by atoms with Gasteiger partial charge in [0.2, 0.25) is 0 Å². The van der Waals surface area contributed by atoms with Crippen molar-refractivity contribution in [2.24, 2.45) is 0 Å². The first-order valence-corrected chi connectivity index (χ1v) is 46.2. The molecule has 0 bridgehead atoms. The summed E-state index contributed by atoms with van der Waals surface area (Å²) in [6.45, 7) is 6.14. The maximum atomic E-state index is 12.5. The van der Waals surface area contributed by atoms with Crippen LogP contribution in [0.15, 0.2) is 219 Å². The molecule has 5 aliphatic heterocycles. The molecule has 1 atom stereocenters. The van der Waals surface area contributed by atoms with Gasteiger partial charge in [-0.25, -0.2) is 14.4 Å². The Hall–Kier alpha value is -12.0. The summed E-state index contributed by atoms with van der Waals surface area (Å²) in [7, 11) is 3.19. The molecule has 14 rings (SSSR count). The van der Waals surface area contributed by atoms with Crippen LogP contribution in [0.5, 0.6) is 34.5 Å². The highest BCUT2D eigenvalue weighted by Crippen LogP contribution is 2.41. The lowest BCUT2D eigenvalue weighted by Gasteiger charge is -2.18. The predicted molar refractivity (Wildman–Crippen MR) is 557 cm³/mol. The standard InChI is InChI=1S/C22H20ClNO5S2.C20H15NO5S2.C19H12INO5S2.C17H13NO4S2.C14H13NO4S2.3CH4/c1-3-28-18-9-14(10-19-21(27)24(11-20(25)26)22(30)31-19)6-7-17(18)29-12-15-5-4-13(2)16(23)8-15;1-12-2-6-14(7-3-12)19(25)26-15-8-4-13(5-9-15)10-16-18(24)21(11-17(22)23)20(27)28-16;20-14-4-2-1-3-13(14)18(25)26-12-7-5-11(6-8-12)9-15-17(24)21(10-16(22)23)19(27)28-15;1-22-13-7-6-10(11-4-2-3-5-12(11)13)8-14-16(21)18(9-15(19)20)17(23)24-14;1-8(13(17)18)15-12(16)11(21-14(15)20)7-9-3-5-10(19-2)6-4-9;;;/h4-10H,3,11-12H2,1-2H3,(H,25,26);2-10H,11H2,1H3,(H,22,23);1-9H,10H2,(H,22,23);2-8H,9H2,1H3,(H,19,20);3-8H,1-2H3,(H,17,18);3*1H4/b19-10-;16-10-;15-9-;14-8+;11-7-;;;. The first kappa shape index (κ1) is 110. The number of carboxylic acid groups (broad SMARTS) is 5. The molecule has 5 saturated heterocycles. The summed E-state index contributed by atoms with van der Waals surface area (Å²) in [5.74, 6) is -5.20. The van der Waals surface area contributed by atoms with Gasteiger partial charge in [0, 0.05) is 14.0 Å². The number of halogens is 2. The van der Waals surface area contributed by atoms with Crippen LogP contribution in [0.1, 0.15) is 101 Å². The van der Waals surface area contributed by atoms with Crippen molar-refractivity contribution in [2.75, 3.05) is 47.0 Å². The fraction of sp³-hybridized carbons (Fsp3) is 0.168. The number of carbonyl (C=O) groups is 12. The quantitative estimate of drug-likeness (QED) is 0.0110. The van der Waals surface area contributed by atoms with E-state index in [9.17, 15) is 57.5 Å². The van der Waals surface area contributed by atoms with Gasteiger partial charge in [0.25, 0.3) is 29.5 Å². The van der Waals surface area contributed by atoms with E-state index < -0.39 is 91.7 Å². The second-order valence-electron chi connectivity index (χ2n) is 27.7. The zero-order valence-electron chi connectivity index (χ0n) is 69.8. The largest absolute Gasteiger partial charge is 0.497 e. The molecule has 5 amide bonds. The molecule has 1 unspecified atom stereocenters. The number of benzene rings is 9. The molecule has 9 aromatic rings. The normalized spacial score (nSPS) is 15.4. The molecule has 0 radical (unpaired) electrons. The fourth-order valence-electron chi connectivity index (χ4n) is 11.9. The smallest absolute Gasteiger partial charge is 0.344 e. The van der Waals surface area contributed by atoms with Crippen LogP contribution < -0.4 is 28.4 Å². The van der Waals surface area contributed by atoms with Crippen molar-refractivity contribution in [3.05, 3.63) is 283 Å². The third-order valence-corrected chi connectivity index (χ3v) is 26.6. The lowest BCUT2D eigenvalue weighted by Crippen LogP contribution is -2.41. The highest BCUT2D eigenvalue weighted by Gasteiger charge is 2.40. The Bertz CT molecular complexity index is 6320. The molecule has 0 aromatic heterocycles. The van der Waals surface area contributed by atoms with Gasteiger partial charge in [0.05, 0.1) is 56.5 Å². The minimum Gasteiger partial charge on any atom is -0.497 e. The number of carboxylic acids is 5. The molecule has 5 fully saturated rings. The van der Waals surface area contributed by atoms with Crippen LogP contribution in [0.3, 0.4) is 0 Å². The number of hydrogen-bond acceptors (Lipinski definition) is 28. The number of fused-ring (bicyclic) bond motifs is 1. The van der Waals surface area contributed by atoms with Gasteiger partial charge in [-0.05, 0) is 210 Å². The molecule has 5 aliphatic rings. The molecule has 40 heteroatoms. The monoisotopic (exact) mass is 2150 g/mol. The Labute approximate surface area is 843 Å². The Balaban J connectivity index is 0.000000230. The summed E-state index contributed by atoms with van der Waals surface area (Å²) in [6.07, 6.45) is 8.32. The number of nitrogens with zero attached hydrogens (tertiary/aromatic N) is 5. The van der Waals surface area contributed by atoms with Crippen molar-refractivity contribution >= 4 is 288 Å². The van der Waals surface area contributed by atoms with E-state index in [1.54, 1.807) is 148 Å². The van der Waals surface area contributed by atoms with Crippen molar-refractivity contribution < 1.29 is 111 Å². The minimum absolute atomic E-state index is 0. The number of esters is 2. The molecule has 0 saturated carbocycles. The van der Waals surface area contributed by atoms with Crippen LogP contribution in [0.4, 0.5) is 0 Å². The third kappa shape index (κ3) is 30.2. The summed E-state index contributed by atoms with van der Waals surface area (Å²) in [4.78, 5) is 148. The number of methoxy groups -OCH3 is 2. The van der Waals surface area contributed by atoms with Crippen LogP contribution in [0, 0.1) is 17.4 Å². The number of rotatable bonds is 26. The fourth-order valence-corrected chi connectivity index (χ4v) is 19.1. The second-order valence-corrected chi connectivity index (χ2v) is 37.6. The first-order chi connectivity index (χ1) is 62.9. The Morgan fingerprint density at radius 2 is 0.830 bits per heavy atom. The van der Waals surface area contributed by atoms with Gasteiger partial charge in [0.1, 0.15) is 83.4 Å². The van der Waals surface area contributed by atoms with Gasteiger partial charge < -0.3 is 54.0 Å². The van der Waals surface area contributed by atoms with Gasteiger partial charge in [-0.1, -0.05) is 269 Å². The van der Waals surface area contributed by atoms with Crippen LogP contribution in [-0.2, 0) is 54.6 Å². The zero-order valence-corrected chi connectivity index (χ0v) is 80.9. The Kier molecular flexibility index (Phi) is 42.1. The summed E-state index contributed by atoms with van der Waals surface area (Å²) in [5, 5.41) is 47.1. The molecule has 5 N–H and O–H groups in total. The molecule has 0 spiro atoms. The van der Waals surface area contributed by atoms with Crippen LogP contribution >= 0.6 is 154 Å². The molecule has 5 heterocycles. The number of ether oxygens (including phenoxy) is 6. The first-order valence-electron chi connectivity index (χ1n) is 38.6. The lowest BCUT2D eigenvalue weighted by molar-refractivity contribution is -0.144. The van der Waals surface area contributed by atoms with Crippen molar-refractivity contribution in [1.29, 1.82) is 0 Å². The molecule has 9 aromatic carbocycles. The Morgan fingerprint density at radius 3 is 1.26 bits per heavy atom. The number of aliphatic carboxylic acids is 5. The van der Waals surface area contributed by atoms with Crippen molar-refractivity contribution in [1.82, 2.24) is 24.5 Å². The van der Waals surface area contributed by atoms with Crippen LogP contribution in [0.25, 0.3) is 41.2 Å². The van der Waals surface area contributed by atoms with E-state index in [1.807, 2.05) is 112 Å². The van der Waals surface area contributed by atoms with Gasteiger partial charge in [-0.2, -0.15) is 0 Å². The van der Waals surface area contributed by atoms with Gasteiger partial charge in [0.15, 0.2) is 11.5 Å². The van der Waals surface area contributed by atoms with E-state index in [4.69, 9.17) is 127 Å². The average molecular weight is 2150 g/mol. The SMILES string of the molecule is C.C.C.CCOc1cc(/C=C2\SC(=S)N(CC(=O)O)C2=O)ccc1OCc1ccc(C)c(Cl)c1.COc1ccc(/C=C2/SC(=S)N(CC(=O)O)C2=O)c2ccccc12.COc1ccc(/C=C2\SC(=S)N(C(C)C(=O)O)C2=O)cc1.Cc1ccc(C(=O)Oc2ccc(/C=C3\SC(=S)N(CC(=O)O)C3=O)cc2)cc1.O=C(O)CN1C(=O)/C(=C/c2ccc(OC(=O)c3ccccc3I)cc2)SC1=S. The maximum Gasteiger partial charge on any atom is 0.344 e. The topological polar surface area (TPSA) is 378 Å². The average Bonchev–Trinajstić information content (AvgIpc) is 1.78. The number of carbonyl (C=O) groups excluding carboxylic acids is 7.